The minimum Gasteiger partial charge on any atom is -0.383 e. The molecule has 0 amide bonds. The van der Waals surface area contributed by atoms with Crippen LogP contribution in [-0.4, -0.2) is 24.7 Å². The molecular weight excluding hydrogens is 238 g/mol. The molecule has 0 aromatic carbocycles. The number of pyridine rings is 1. The molecule has 1 aromatic heterocycles. The second-order valence-electron chi connectivity index (χ2n) is 4.08. The number of nitrogens with one attached hydrogen (secondary N) is 1. The number of nitrogens with zero attached hydrogens (tertiary/aromatic N) is 2. The molecular formula is C12H16ClN3O. The molecule has 1 N–H and O–H groups in total. The molecule has 1 heterocycles. The Hall–Kier alpha value is -1.31. The van der Waals surface area contributed by atoms with Crippen LogP contribution in [-0.2, 0) is 4.74 Å². The van der Waals surface area contributed by atoms with Crippen molar-refractivity contribution in [1.29, 1.82) is 5.26 Å². The molecule has 0 spiro atoms. The van der Waals surface area contributed by atoms with Crippen molar-refractivity contribution in [3.63, 3.8) is 0 Å². The van der Waals surface area contributed by atoms with E-state index in [9.17, 15) is 0 Å². The van der Waals surface area contributed by atoms with Crippen molar-refractivity contribution in [1.82, 2.24) is 4.98 Å². The predicted octanol–water partition coefficient (Wildman–Crippen LogP) is 2.69. The van der Waals surface area contributed by atoms with E-state index in [0.29, 0.717) is 28.9 Å². The molecule has 0 aliphatic rings. The third-order valence-electron chi connectivity index (χ3n) is 2.48. The van der Waals surface area contributed by atoms with Crippen molar-refractivity contribution in [2.24, 2.45) is 5.92 Å². The van der Waals surface area contributed by atoms with E-state index >= 15 is 0 Å². The summed E-state index contributed by atoms with van der Waals surface area (Å²) < 4.78 is 5.14. The average Bonchev–Trinajstić information content (AvgIpc) is 2.30. The van der Waals surface area contributed by atoms with Gasteiger partial charge in [0.25, 0.3) is 0 Å². The van der Waals surface area contributed by atoms with Gasteiger partial charge in [-0.05, 0) is 12.0 Å². The predicted molar refractivity (Wildman–Crippen MR) is 68.1 cm³/mol. The number of nitriles is 1. The Balaban J connectivity index is 2.90. The zero-order valence-corrected chi connectivity index (χ0v) is 11.0. The lowest BCUT2D eigenvalue weighted by Gasteiger charge is -2.22. The molecule has 1 atom stereocenters. The Labute approximate surface area is 107 Å². The first-order valence-corrected chi connectivity index (χ1v) is 5.78. The lowest BCUT2D eigenvalue weighted by atomic mass is 10.1. The Morgan fingerprint density at radius 3 is 2.82 bits per heavy atom. The van der Waals surface area contributed by atoms with Gasteiger partial charge in [-0.25, -0.2) is 4.98 Å². The molecule has 0 radical (unpaired) electrons. The molecule has 0 fully saturated rings. The first-order chi connectivity index (χ1) is 8.10. The third kappa shape index (κ3) is 3.58. The highest BCUT2D eigenvalue weighted by Crippen LogP contribution is 2.24. The molecule has 1 unspecified atom stereocenters. The Bertz CT molecular complexity index is 415. The summed E-state index contributed by atoms with van der Waals surface area (Å²) >= 11 is 6.07. The fourth-order valence-corrected chi connectivity index (χ4v) is 1.60. The van der Waals surface area contributed by atoms with E-state index in [2.05, 4.69) is 24.1 Å². The van der Waals surface area contributed by atoms with Gasteiger partial charge in [0.05, 0.1) is 18.2 Å². The first kappa shape index (κ1) is 13.8. The van der Waals surface area contributed by atoms with Crippen molar-refractivity contribution in [2.75, 3.05) is 19.0 Å². The van der Waals surface area contributed by atoms with Crippen molar-refractivity contribution in [2.45, 2.75) is 19.9 Å². The number of hydrogen-bond acceptors (Lipinski definition) is 4. The zero-order valence-electron chi connectivity index (χ0n) is 10.2. The number of anilines is 1. The van der Waals surface area contributed by atoms with Gasteiger partial charge in [-0.3, -0.25) is 0 Å². The summed E-state index contributed by atoms with van der Waals surface area (Å²) in [5.41, 5.74) is 0.420. The van der Waals surface area contributed by atoms with Crippen LogP contribution in [0.25, 0.3) is 0 Å². The van der Waals surface area contributed by atoms with Crippen LogP contribution in [0, 0.1) is 17.2 Å². The highest BCUT2D eigenvalue weighted by atomic mass is 35.5. The number of halogens is 1. The van der Waals surface area contributed by atoms with Crippen LogP contribution in [0.4, 0.5) is 5.82 Å². The second-order valence-corrected chi connectivity index (χ2v) is 4.46. The van der Waals surface area contributed by atoms with E-state index in [-0.39, 0.29) is 6.04 Å². The number of hydrogen-bond donors (Lipinski definition) is 1. The van der Waals surface area contributed by atoms with Crippen molar-refractivity contribution in [3.8, 4) is 6.07 Å². The Morgan fingerprint density at radius 2 is 2.29 bits per heavy atom. The van der Waals surface area contributed by atoms with Gasteiger partial charge in [0.2, 0.25) is 0 Å². The highest BCUT2D eigenvalue weighted by Gasteiger charge is 2.16. The summed E-state index contributed by atoms with van der Waals surface area (Å²) in [5, 5.41) is 12.4. The van der Waals surface area contributed by atoms with E-state index in [1.54, 1.807) is 19.4 Å². The molecule has 0 aliphatic carbocycles. The van der Waals surface area contributed by atoms with Gasteiger partial charge >= 0.3 is 0 Å². The van der Waals surface area contributed by atoms with Crippen LogP contribution in [0.5, 0.6) is 0 Å². The SMILES string of the molecule is COCC(Nc1nccc(C#N)c1Cl)C(C)C. The van der Waals surface area contributed by atoms with Crippen LogP contribution in [0.15, 0.2) is 12.3 Å². The summed E-state index contributed by atoms with van der Waals surface area (Å²) in [5.74, 6) is 0.903. The van der Waals surface area contributed by atoms with E-state index < -0.39 is 0 Å². The summed E-state index contributed by atoms with van der Waals surface area (Å²) in [6, 6.07) is 3.73. The minimum absolute atomic E-state index is 0.110. The Kier molecular flexibility index (Phi) is 5.20. The van der Waals surface area contributed by atoms with E-state index in [0.717, 1.165) is 0 Å². The largest absolute Gasteiger partial charge is 0.383 e. The summed E-state index contributed by atoms with van der Waals surface area (Å²) in [6.07, 6.45) is 1.57. The van der Waals surface area contributed by atoms with E-state index in [4.69, 9.17) is 21.6 Å². The third-order valence-corrected chi connectivity index (χ3v) is 2.87. The summed E-state index contributed by atoms with van der Waals surface area (Å²) in [6.45, 7) is 4.73. The normalized spacial score (nSPS) is 12.2. The summed E-state index contributed by atoms with van der Waals surface area (Å²) in [7, 11) is 1.65. The maximum Gasteiger partial charge on any atom is 0.146 e. The lowest BCUT2D eigenvalue weighted by molar-refractivity contribution is 0.171. The molecule has 0 saturated carbocycles. The van der Waals surface area contributed by atoms with E-state index in [1.165, 1.54) is 0 Å². The van der Waals surface area contributed by atoms with Gasteiger partial charge in [-0.15, -0.1) is 0 Å². The van der Waals surface area contributed by atoms with Gasteiger partial charge < -0.3 is 10.1 Å². The molecule has 5 heteroatoms. The van der Waals surface area contributed by atoms with Crippen LogP contribution in [0.3, 0.4) is 0 Å². The van der Waals surface area contributed by atoms with Gasteiger partial charge in [0.1, 0.15) is 16.9 Å². The fraction of sp³-hybridized carbons (Fsp3) is 0.500. The van der Waals surface area contributed by atoms with Gasteiger partial charge in [0.15, 0.2) is 0 Å². The smallest absolute Gasteiger partial charge is 0.146 e. The topological polar surface area (TPSA) is 57.9 Å². The maximum atomic E-state index is 8.87. The number of aromatic nitrogens is 1. The quantitative estimate of drug-likeness (QED) is 0.877. The second kappa shape index (κ2) is 6.43. The molecule has 0 bridgehead atoms. The monoisotopic (exact) mass is 253 g/mol. The molecule has 0 aliphatic heterocycles. The van der Waals surface area contributed by atoms with Crippen LogP contribution >= 0.6 is 11.6 Å². The maximum absolute atomic E-state index is 8.87. The van der Waals surface area contributed by atoms with Gasteiger partial charge in [-0.2, -0.15) is 5.26 Å². The van der Waals surface area contributed by atoms with Crippen molar-refractivity contribution in [3.05, 3.63) is 22.8 Å². The van der Waals surface area contributed by atoms with Crippen LogP contribution < -0.4 is 5.32 Å². The number of methoxy groups -OCH3 is 1. The lowest BCUT2D eigenvalue weighted by Crippen LogP contribution is -2.31. The number of ether oxygens (including phenoxy) is 1. The van der Waals surface area contributed by atoms with Crippen LogP contribution in [0.2, 0.25) is 5.02 Å². The molecule has 17 heavy (non-hydrogen) atoms. The van der Waals surface area contributed by atoms with Gasteiger partial charge in [-0.1, -0.05) is 25.4 Å². The van der Waals surface area contributed by atoms with E-state index in [1.807, 2.05) is 6.07 Å². The van der Waals surface area contributed by atoms with Crippen molar-refractivity contribution < 1.29 is 4.74 Å². The molecule has 4 nitrogen and oxygen atoms in total. The first-order valence-electron chi connectivity index (χ1n) is 5.40. The number of rotatable bonds is 5. The zero-order chi connectivity index (χ0) is 12.8. The van der Waals surface area contributed by atoms with Gasteiger partial charge in [0, 0.05) is 13.3 Å². The molecule has 1 rings (SSSR count). The van der Waals surface area contributed by atoms with Crippen LogP contribution in [0.1, 0.15) is 19.4 Å². The minimum atomic E-state index is 0.110. The van der Waals surface area contributed by atoms with Crippen molar-refractivity contribution >= 4 is 17.4 Å². The molecule has 1 aromatic rings. The summed E-state index contributed by atoms with van der Waals surface area (Å²) in [4.78, 5) is 4.14. The highest BCUT2D eigenvalue weighted by molar-refractivity contribution is 6.34. The fourth-order valence-electron chi connectivity index (χ4n) is 1.39. The average molecular weight is 254 g/mol. The standard InChI is InChI=1S/C12H16ClN3O/c1-8(2)10(7-17-3)16-12-11(13)9(6-14)4-5-15-12/h4-5,8,10H,7H2,1-3H3,(H,15,16). The molecule has 0 saturated heterocycles. The Morgan fingerprint density at radius 1 is 1.59 bits per heavy atom. The molecule has 92 valence electrons.